The average molecular weight is 293 g/mol. The zero-order chi connectivity index (χ0) is 12.6. The van der Waals surface area contributed by atoms with E-state index in [0.29, 0.717) is 13.0 Å². The molecular weight excluding hydrogens is 268 g/mol. The van der Waals surface area contributed by atoms with Crippen molar-refractivity contribution in [3.05, 3.63) is 0 Å². The fourth-order valence-electron chi connectivity index (χ4n) is 1.77. The number of alkyl halides is 1. The van der Waals surface area contributed by atoms with E-state index in [0.717, 1.165) is 19.3 Å². The molecule has 96 valence electrons. The SMILES string of the molecule is CCOC(=O)[CH](CCCCCF)[Ge]([CH3])([CH3])[CH3]. The molecule has 0 aromatic rings. The molecule has 1 unspecified atom stereocenters. The summed E-state index contributed by atoms with van der Waals surface area (Å²) in [5.74, 6) is 6.67. The standard InChI is InChI=1S/C12H25FGeO2/c1-5-16-12(15)11(14(2,3)4)9-7-6-8-10-13/h11H,5-10H2,1-4H3. The third kappa shape index (κ3) is 6.51. The van der Waals surface area contributed by atoms with E-state index in [1.807, 2.05) is 6.92 Å². The predicted octanol–water partition coefficient (Wildman–Crippen LogP) is 3.79. The van der Waals surface area contributed by atoms with Crippen LogP contribution in [0.25, 0.3) is 0 Å². The van der Waals surface area contributed by atoms with Gasteiger partial charge in [-0.25, -0.2) is 0 Å². The summed E-state index contributed by atoms with van der Waals surface area (Å²) >= 11 is -2.02. The summed E-state index contributed by atoms with van der Waals surface area (Å²) in [7, 11) is 0. The van der Waals surface area contributed by atoms with Gasteiger partial charge < -0.3 is 0 Å². The molecule has 0 rings (SSSR count). The van der Waals surface area contributed by atoms with Crippen LogP contribution in [0.2, 0.25) is 22.0 Å². The molecule has 0 spiro atoms. The van der Waals surface area contributed by atoms with Crippen molar-refractivity contribution in [3.8, 4) is 0 Å². The molecule has 0 saturated heterocycles. The monoisotopic (exact) mass is 294 g/mol. The van der Waals surface area contributed by atoms with Crippen LogP contribution in [0.3, 0.4) is 0 Å². The summed E-state index contributed by atoms with van der Waals surface area (Å²) in [6.45, 7) is 2.05. The van der Waals surface area contributed by atoms with E-state index in [9.17, 15) is 9.18 Å². The van der Waals surface area contributed by atoms with Gasteiger partial charge in [0.15, 0.2) is 0 Å². The molecule has 0 radical (unpaired) electrons. The Morgan fingerprint density at radius 2 is 1.88 bits per heavy atom. The van der Waals surface area contributed by atoms with Crippen molar-refractivity contribution < 1.29 is 13.9 Å². The second kappa shape index (κ2) is 8.10. The number of hydrogen-bond acceptors (Lipinski definition) is 2. The Bertz CT molecular complexity index is 202. The van der Waals surface area contributed by atoms with Gasteiger partial charge in [-0.2, -0.15) is 0 Å². The van der Waals surface area contributed by atoms with Crippen LogP contribution in [0.4, 0.5) is 4.39 Å². The maximum atomic E-state index is 12.0. The summed E-state index contributed by atoms with van der Waals surface area (Å²) in [4.78, 5) is 11.8. The first-order valence-electron chi connectivity index (χ1n) is 6.16. The molecule has 0 heterocycles. The summed E-state index contributed by atoms with van der Waals surface area (Å²) in [6.07, 6.45) is 3.32. The molecule has 1 atom stereocenters. The Morgan fingerprint density at radius 3 is 2.31 bits per heavy atom. The molecule has 0 bridgehead atoms. The molecule has 4 heteroatoms. The van der Waals surface area contributed by atoms with E-state index < -0.39 is 13.3 Å². The number of ether oxygens (including phenoxy) is 1. The second-order valence-corrected chi connectivity index (χ2v) is 16.6. The van der Waals surface area contributed by atoms with E-state index in [1.165, 1.54) is 0 Å². The Balaban J connectivity index is 4.17. The number of halogens is 1. The molecule has 0 aromatic carbocycles. The molecule has 0 N–H and O–H groups in total. The van der Waals surface area contributed by atoms with Crippen molar-refractivity contribution in [2.45, 2.75) is 54.6 Å². The molecule has 2 nitrogen and oxygen atoms in total. The molecule has 0 amide bonds. The van der Waals surface area contributed by atoms with Crippen LogP contribution >= 0.6 is 0 Å². The van der Waals surface area contributed by atoms with E-state index >= 15 is 0 Å². The molecule has 0 aliphatic rings. The third-order valence-corrected chi connectivity index (χ3v) is 8.23. The first-order valence-corrected chi connectivity index (χ1v) is 13.7. The van der Waals surface area contributed by atoms with Gasteiger partial charge in [0.1, 0.15) is 0 Å². The number of carbonyl (C=O) groups is 1. The molecule has 0 aliphatic carbocycles. The first-order chi connectivity index (χ1) is 7.43. The minimum atomic E-state index is -2.02. The second-order valence-electron chi connectivity index (χ2n) is 5.21. The fraction of sp³-hybridized carbons (Fsp3) is 0.917. The van der Waals surface area contributed by atoms with Crippen LogP contribution in [-0.4, -0.2) is 32.5 Å². The molecular formula is C12H25FGeO2. The predicted molar refractivity (Wildman–Crippen MR) is 68.2 cm³/mol. The van der Waals surface area contributed by atoms with Gasteiger partial charge in [0.25, 0.3) is 0 Å². The number of carbonyl (C=O) groups excluding carboxylic acids is 1. The topological polar surface area (TPSA) is 26.3 Å². The van der Waals surface area contributed by atoms with Crippen molar-refractivity contribution in [1.29, 1.82) is 0 Å². The van der Waals surface area contributed by atoms with E-state index in [4.69, 9.17) is 4.74 Å². The maximum absolute atomic E-state index is 12.0. The van der Waals surface area contributed by atoms with Crippen molar-refractivity contribution >= 4 is 19.2 Å². The van der Waals surface area contributed by atoms with Crippen LogP contribution in [-0.2, 0) is 9.53 Å². The Morgan fingerprint density at radius 1 is 1.25 bits per heavy atom. The molecule has 0 fully saturated rings. The first kappa shape index (κ1) is 15.9. The quantitative estimate of drug-likeness (QED) is 0.386. The van der Waals surface area contributed by atoms with Gasteiger partial charge in [-0.1, -0.05) is 0 Å². The molecule has 0 saturated carbocycles. The van der Waals surface area contributed by atoms with Gasteiger partial charge in [-0.15, -0.1) is 0 Å². The van der Waals surface area contributed by atoms with Crippen molar-refractivity contribution in [1.82, 2.24) is 0 Å². The van der Waals surface area contributed by atoms with Gasteiger partial charge >= 0.3 is 101 Å². The number of rotatable bonds is 8. The van der Waals surface area contributed by atoms with Gasteiger partial charge in [0, 0.05) is 0 Å². The van der Waals surface area contributed by atoms with Crippen molar-refractivity contribution in [3.63, 3.8) is 0 Å². The van der Waals surface area contributed by atoms with Crippen LogP contribution < -0.4 is 0 Å². The number of hydrogen-bond donors (Lipinski definition) is 0. The van der Waals surface area contributed by atoms with Gasteiger partial charge in [0.2, 0.25) is 0 Å². The average Bonchev–Trinajstić information content (AvgIpc) is 2.16. The number of esters is 1. The zero-order valence-electron chi connectivity index (χ0n) is 11.0. The molecule has 0 aromatic heterocycles. The van der Waals surface area contributed by atoms with Crippen LogP contribution in [0, 0.1) is 0 Å². The molecule has 16 heavy (non-hydrogen) atoms. The number of unbranched alkanes of at least 4 members (excludes halogenated alkanes) is 2. The Hall–Kier alpha value is -0.0571. The Labute approximate surface area is 101 Å². The zero-order valence-corrected chi connectivity index (χ0v) is 13.1. The van der Waals surface area contributed by atoms with E-state index in [-0.39, 0.29) is 17.4 Å². The van der Waals surface area contributed by atoms with Crippen LogP contribution in [0.5, 0.6) is 0 Å². The van der Waals surface area contributed by atoms with Crippen molar-refractivity contribution in [2.24, 2.45) is 0 Å². The van der Waals surface area contributed by atoms with E-state index in [1.54, 1.807) is 0 Å². The Kier molecular flexibility index (Phi) is 8.07. The molecule has 0 aliphatic heterocycles. The third-order valence-electron chi connectivity index (χ3n) is 2.74. The summed E-state index contributed by atoms with van der Waals surface area (Å²) in [5, 5.41) is 0. The summed E-state index contributed by atoms with van der Waals surface area (Å²) in [5.41, 5.74) is 0. The summed E-state index contributed by atoms with van der Waals surface area (Å²) in [6, 6.07) is 0. The van der Waals surface area contributed by atoms with Gasteiger partial charge in [-0.3, -0.25) is 0 Å². The van der Waals surface area contributed by atoms with Crippen LogP contribution in [0.15, 0.2) is 0 Å². The van der Waals surface area contributed by atoms with E-state index in [2.05, 4.69) is 17.3 Å². The summed E-state index contributed by atoms with van der Waals surface area (Å²) < 4.78 is 17.2. The fourth-order valence-corrected chi connectivity index (χ4v) is 5.67. The van der Waals surface area contributed by atoms with Crippen LogP contribution in [0.1, 0.15) is 32.6 Å². The normalized spacial score (nSPS) is 13.6. The van der Waals surface area contributed by atoms with Crippen molar-refractivity contribution in [2.75, 3.05) is 13.3 Å². The van der Waals surface area contributed by atoms with Gasteiger partial charge in [0.05, 0.1) is 0 Å². The minimum absolute atomic E-state index is 0.0322. The van der Waals surface area contributed by atoms with Gasteiger partial charge in [-0.05, 0) is 0 Å².